The molecule has 1 heterocycles. The Morgan fingerprint density at radius 3 is 2.86 bits per heavy atom. The summed E-state index contributed by atoms with van der Waals surface area (Å²) in [6.07, 6.45) is -0.610. The molecule has 0 amide bonds. The Labute approximate surface area is 138 Å². The molecule has 0 spiro atoms. The summed E-state index contributed by atoms with van der Waals surface area (Å²) in [5.74, 6) is 0. The maximum absolute atomic E-state index is 9.89. The molecule has 114 valence electrons. The minimum Gasteiger partial charge on any atom is -0.389 e. The zero-order valence-electron chi connectivity index (χ0n) is 11.6. The van der Waals surface area contributed by atoms with Crippen molar-refractivity contribution in [3.8, 4) is 0 Å². The van der Waals surface area contributed by atoms with Gasteiger partial charge in [-0.15, -0.1) is 11.3 Å². The molecular weight excluding hydrogens is 329 g/mol. The van der Waals surface area contributed by atoms with E-state index in [4.69, 9.17) is 27.9 Å². The maximum Gasteiger partial charge on any atom is 0.0945 e. The van der Waals surface area contributed by atoms with Crippen LogP contribution in [0.5, 0.6) is 0 Å². The molecule has 1 unspecified atom stereocenters. The third kappa shape index (κ3) is 5.16. The van der Waals surface area contributed by atoms with Crippen LogP contribution < -0.4 is 5.32 Å². The molecule has 1 aromatic heterocycles. The summed E-state index contributed by atoms with van der Waals surface area (Å²) >= 11 is 13.8. The van der Waals surface area contributed by atoms with E-state index in [2.05, 4.69) is 5.32 Å². The van der Waals surface area contributed by atoms with E-state index in [-0.39, 0.29) is 6.61 Å². The van der Waals surface area contributed by atoms with Crippen LogP contribution in [0.1, 0.15) is 10.4 Å². The second-order valence-electron chi connectivity index (χ2n) is 4.71. The van der Waals surface area contributed by atoms with Gasteiger partial charge in [-0.05, 0) is 36.1 Å². The van der Waals surface area contributed by atoms with Crippen LogP contribution in [-0.2, 0) is 11.3 Å². The topological polar surface area (TPSA) is 41.5 Å². The number of anilines is 1. The molecule has 1 aromatic carbocycles. The molecule has 2 rings (SSSR count). The molecular formula is C15H17Cl2NO2S. The van der Waals surface area contributed by atoms with E-state index in [0.29, 0.717) is 28.9 Å². The lowest BCUT2D eigenvalue weighted by molar-refractivity contribution is 0.0359. The number of hydrogen-bond acceptors (Lipinski definition) is 4. The van der Waals surface area contributed by atoms with Crippen LogP contribution in [0.4, 0.5) is 5.69 Å². The highest BCUT2D eigenvalue weighted by molar-refractivity contribution is 7.09. The molecule has 0 aliphatic carbocycles. The highest BCUT2D eigenvalue weighted by Crippen LogP contribution is 2.28. The molecule has 0 radical (unpaired) electrons. The number of nitrogens with one attached hydrogen (secondary N) is 1. The van der Waals surface area contributed by atoms with Gasteiger partial charge in [0, 0.05) is 16.4 Å². The predicted octanol–water partition coefficient (Wildman–Crippen LogP) is 4.35. The Balaban J connectivity index is 1.76. The lowest BCUT2D eigenvalue weighted by Gasteiger charge is -2.14. The molecule has 0 saturated heterocycles. The molecule has 0 bridgehead atoms. The van der Waals surface area contributed by atoms with Gasteiger partial charge in [0.05, 0.1) is 30.0 Å². The van der Waals surface area contributed by atoms with Crippen LogP contribution in [0.25, 0.3) is 0 Å². The van der Waals surface area contributed by atoms with E-state index in [1.807, 2.05) is 24.4 Å². The number of aliphatic hydroxyl groups is 1. The SMILES string of the molecule is Cc1cc(Cl)c(NCC(O)COCc2cccs2)cc1Cl. The molecule has 0 fully saturated rings. The minimum atomic E-state index is -0.610. The van der Waals surface area contributed by atoms with Crippen molar-refractivity contribution in [2.45, 2.75) is 19.6 Å². The van der Waals surface area contributed by atoms with Gasteiger partial charge in [-0.25, -0.2) is 0 Å². The highest BCUT2D eigenvalue weighted by Gasteiger charge is 2.08. The molecule has 0 aliphatic rings. The van der Waals surface area contributed by atoms with Crippen molar-refractivity contribution in [3.63, 3.8) is 0 Å². The molecule has 21 heavy (non-hydrogen) atoms. The summed E-state index contributed by atoms with van der Waals surface area (Å²) < 4.78 is 5.46. The number of rotatable bonds is 7. The summed E-state index contributed by atoms with van der Waals surface area (Å²) in [4.78, 5) is 1.14. The Morgan fingerprint density at radius 2 is 2.14 bits per heavy atom. The summed E-state index contributed by atoms with van der Waals surface area (Å²) in [5, 5.41) is 16.2. The molecule has 0 saturated carbocycles. The van der Waals surface area contributed by atoms with Gasteiger partial charge in [0.1, 0.15) is 0 Å². The van der Waals surface area contributed by atoms with Gasteiger partial charge < -0.3 is 15.2 Å². The fourth-order valence-corrected chi connectivity index (χ4v) is 2.85. The van der Waals surface area contributed by atoms with Crippen LogP contribution in [-0.4, -0.2) is 24.4 Å². The number of halogens is 2. The second-order valence-corrected chi connectivity index (χ2v) is 6.56. The number of ether oxygens (including phenoxy) is 1. The van der Waals surface area contributed by atoms with Gasteiger partial charge in [-0.2, -0.15) is 0 Å². The van der Waals surface area contributed by atoms with E-state index >= 15 is 0 Å². The highest BCUT2D eigenvalue weighted by atomic mass is 35.5. The minimum absolute atomic E-state index is 0.266. The lowest BCUT2D eigenvalue weighted by Crippen LogP contribution is -2.24. The zero-order chi connectivity index (χ0) is 15.2. The van der Waals surface area contributed by atoms with Crippen molar-refractivity contribution < 1.29 is 9.84 Å². The quantitative estimate of drug-likeness (QED) is 0.783. The van der Waals surface area contributed by atoms with E-state index in [0.717, 1.165) is 10.4 Å². The third-order valence-electron chi connectivity index (χ3n) is 2.91. The van der Waals surface area contributed by atoms with Gasteiger partial charge in [0.15, 0.2) is 0 Å². The second kappa shape index (κ2) is 8.01. The molecule has 2 N–H and O–H groups in total. The van der Waals surface area contributed by atoms with E-state index in [1.165, 1.54) is 0 Å². The Morgan fingerprint density at radius 1 is 1.33 bits per heavy atom. The summed E-state index contributed by atoms with van der Waals surface area (Å²) in [6.45, 7) is 3.03. The summed E-state index contributed by atoms with van der Waals surface area (Å²) in [5.41, 5.74) is 1.64. The Hall–Kier alpha value is -0.780. The average Bonchev–Trinajstić information content (AvgIpc) is 2.94. The number of hydrogen-bond donors (Lipinski definition) is 2. The largest absolute Gasteiger partial charge is 0.389 e. The third-order valence-corrected chi connectivity index (χ3v) is 4.48. The maximum atomic E-state index is 9.89. The van der Waals surface area contributed by atoms with Gasteiger partial charge in [-0.1, -0.05) is 29.3 Å². The van der Waals surface area contributed by atoms with E-state index in [1.54, 1.807) is 23.5 Å². The molecule has 3 nitrogen and oxygen atoms in total. The van der Waals surface area contributed by atoms with Crippen molar-refractivity contribution in [2.24, 2.45) is 0 Å². The molecule has 1 atom stereocenters. The van der Waals surface area contributed by atoms with E-state index < -0.39 is 6.10 Å². The first-order valence-corrected chi connectivity index (χ1v) is 8.17. The van der Waals surface area contributed by atoms with Crippen LogP contribution >= 0.6 is 34.5 Å². The normalized spacial score (nSPS) is 12.4. The first-order valence-electron chi connectivity index (χ1n) is 6.54. The van der Waals surface area contributed by atoms with Crippen LogP contribution in [0.15, 0.2) is 29.6 Å². The van der Waals surface area contributed by atoms with Gasteiger partial charge in [0.2, 0.25) is 0 Å². The number of benzene rings is 1. The lowest BCUT2D eigenvalue weighted by atomic mass is 10.2. The van der Waals surface area contributed by atoms with Crippen LogP contribution in [0, 0.1) is 6.92 Å². The fraction of sp³-hybridized carbons (Fsp3) is 0.333. The van der Waals surface area contributed by atoms with Crippen LogP contribution in [0.3, 0.4) is 0 Å². The first-order chi connectivity index (χ1) is 10.1. The Kier molecular flexibility index (Phi) is 6.33. The molecule has 0 aliphatic heterocycles. The number of aryl methyl sites for hydroxylation is 1. The van der Waals surface area contributed by atoms with Crippen molar-refractivity contribution in [3.05, 3.63) is 50.1 Å². The first kappa shape index (κ1) is 16.6. The Bertz CT molecular complexity index is 575. The zero-order valence-corrected chi connectivity index (χ0v) is 13.9. The van der Waals surface area contributed by atoms with Crippen molar-refractivity contribution in [2.75, 3.05) is 18.5 Å². The number of aliphatic hydroxyl groups excluding tert-OH is 1. The smallest absolute Gasteiger partial charge is 0.0945 e. The van der Waals surface area contributed by atoms with Crippen molar-refractivity contribution in [1.82, 2.24) is 0 Å². The van der Waals surface area contributed by atoms with E-state index in [9.17, 15) is 5.11 Å². The predicted molar refractivity (Wildman–Crippen MR) is 89.7 cm³/mol. The monoisotopic (exact) mass is 345 g/mol. The average molecular weight is 346 g/mol. The fourth-order valence-electron chi connectivity index (χ4n) is 1.76. The van der Waals surface area contributed by atoms with Crippen molar-refractivity contribution >= 4 is 40.2 Å². The molecule has 2 aromatic rings. The van der Waals surface area contributed by atoms with Gasteiger partial charge >= 0.3 is 0 Å². The summed E-state index contributed by atoms with van der Waals surface area (Å²) in [6, 6.07) is 7.54. The van der Waals surface area contributed by atoms with Crippen LogP contribution in [0.2, 0.25) is 10.0 Å². The van der Waals surface area contributed by atoms with Gasteiger partial charge in [0.25, 0.3) is 0 Å². The number of thiophene rings is 1. The van der Waals surface area contributed by atoms with Gasteiger partial charge in [-0.3, -0.25) is 0 Å². The van der Waals surface area contributed by atoms with Crippen molar-refractivity contribution in [1.29, 1.82) is 0 Å². The summed E-state index contributed by atoms with van der Waals surface area (Å²) in [7, 11) is 0. The standard InChI is InChI=1S/C15H17Cl2NO2S/c1-10-5-14(17)15(6-13(10)16)18-7-11(19)8-20-9-12-3-2-4-21-12/h2-6,11,18-19H,7-9H2,1H3. The molecule has 6 heteroatoms.